The van der Waals surface area contributed by atoms with E-state index in [-0.39, 0.29) is 11.3 Å². The lowest BCUT2D eigenvalue weighted by molar-refractivity contribution is -0.114. The molecular formula is C17H17ClN2OS. The van der Waals surface area contributed by atoms with E-state index < -0.39 is 0 Å². The zero-order valence-electron chi connectivity index (χ0n) is 13.0. The van der Waals surface area contributed by atoms with Crippen LogP contribution in [0.5, 0.6) is 0 Å². The molecule has 0 saturated carbocycles. The number of anilines is 1. The number of pyridine rings is 1. The van der Waals surface area contributed by atoms with Crippen molar-refractivity contribution in [3.8, 4) is 11.8 Å². The molecule has 2 rings (SSSR count). The molecule has 0 aliphatic carbocycles. The van der Waals surface area contributed by atoms with E-state index in [1.165, 1.54) is 11.8 Å². The summed E-state index contributed by atoms with van der Waals surface area (Å²) in [4.78, 5) is 16.3. The Hall–Kier alpha value is -1.83. The van der Waals surface area contributed by atoms with Crippen LogP contribution in [0.25, 0.3) is 0 Å². The van der Waals surface area contributed by atoms with Crippen molar-refractivity contribution in [1.29, 1.82) is 0 Å². The molecular weight excluding hydrogens is 316 g/mol. The fraction of sp³-hybridized carbons (Fsp3) is 0.294. The van der Waals surface area contributed by atoms with E-state index in [0.717, 1.165) is 11.1 Å². The van der Waals surface area contributed by atoms with E-state index in [1.54, 1.807) is 29.7 Å². The Labute approximate surface area is 139 Å². The van der Waals surface area contributed by atoms with Crippen molar-refractivity contribution < 1.29 is 4.79 Å². The Bertz CT molecular complexity index is 763. The lowest BCUT2D eigenvalue weighted by Crippen LogP contribution is -2.07. The summed E-state index contributed by atoms with van der Waals surface area (Å²) in [6, 6.07) is 5.57. The molecule has 2 heterocycles. The zero-order valence-corrected chi connectivity index (χ0v) is 14.5. The smallest absolute Gasteiger partial charge is 0.222 e. The zero-order chi connectivity index (χ0) is 16.3. The van der Waals surface area contributed by atoms with Crippen molar-refractivity contribution in [1.82, 2.24) is 4.98 Å². The van der Waals surface area contributed by atoms with Crippen molar-refractivity contribution in [3.05, 3.63) is 44.7 Å². The Balaban J connectivity index is 2.27. The molecule has 0 aromatic carbocycles. The topological polar surface area (TPSA) is 42.0 Å². The molecule has 2 aromatic heterocycles. The highest BCUT2D eigenvalue weighted by Crippen LogP contribution is 2.35. The molecule has 0 radical (unpaired) electrons. The molecule has 0 atom stereocenters. The van der Waals surface area contributed by atoms with Crippen molar-refractivity contribution in [3.63, 3.8) is 0 Å². The second-order valence-electron chi connectivity index (χ2n) is 5.91. The first-order valence-electron chi connectivity index (χ1n) is 6.81. The molecule has 0 saturated heterocycles. The molecule has 0 fully saturated rings. The Morgan fingerprint density at radius 3 is 2.64 bits per heavy atom. The minimum absolute atomic E-state index is 0.0590. The largest absolute Gasteiger partial charge is 0.311 e. The fourth-order valence-corrected chi connectivity index (χ4v) is 2.97. The molecule has 1 N–H and O–H groups in total. The number of halogens is 1. The SMILES string of the molecule is CC(=O)Nc1cc(C#Cc2cc(C(C)(C)C)sc2Cl)ccn1. The summed E-state index contributed by atoms with van der Waals surface area (Å²) >= 11 is 7.83. The Morgan fingerprint density at radius 1 is 1.32 bits per heavy atom. The first-order valence-corrected chi connectivity index (χ1v) is 8.00. The lowest BCUT2D eigenvalue weighted by Gasteiger charge is -2.14. The normalized spacial score (nSPS) is 10.8. The number of hydrogen-bond donors (Lipinski definition) is 1. The molecule has 0 unspecified atom stereocenters. The van der Waals surface area contributed by atoms with Gasteiger partial charge in [0.25, 0.3) is 0 Å². The summed E-state index contributed by atoms with van der Waals surface area (Å²) in [5.41, 5.74) is 1.66. The van der Waals surface area contributed by atoms with Crippen molar-refractivity contribution in [2.24, 2.45) is 0 Å². The molecule has 5 heteroatoms. The van der Waals surface area contributed by atoms with Crippen LogP contribution in [0.3, 0.4) is 0 Å². The third-order valence-electron chi connectivity index (χ3n) is 2.83. The van der Waals surface area contributed by atoms with Gasteiger partial charge in [-0.2, -0.15) is 0 Å². The molecule has 3 nitrogen and oxygen atoms in total. The number of amides is 1. The van der Waals surface area contributed by atoms with Gasteiger partial charge in [0, 0.05) is 23.6 Å². The van der Waals surface area contributed by atoms with Crippen LogP contribution in [0, 0.1) is 11.8 Å². The highest BCUT2D eigenvalue weighted by atomic mass is 35.5. The molecule has 0 aliphatic rings. The maximum absolute atomic E-state index is 11.0. The average molecular weight is 333 g/mol. The molecule has 22 heavy (non-hydrogen) atoms. The molecule has 2 aromatic rings. The predicted molar refractivity (Wildman–Crippen MR) is 92.5 cm³/mol. The second kappa shape index (κ2) is 6.51. The van der Waals surface area contributed by atoms with E-state index in [9.17, 15) is 4.79 Å². The number of nitrogens with zero attached hydrogens (tertiary/aromatic N) is 1. The van der Waals surface area contributed by atoms with Crippen LogP contribution < -0.4 is 5.32 Å². The van der Waals surface area contributed by atoms with Crippen molar-refractivity contribution in [2.45, 2.75) is 33.1 Å². The highest BCUT2D eigenvalue weighted by molar-refractivity contribution is 7.16. The van der Waals surface area contributed by atoms with Gasteiger partial charge in [0.15, 0.2) is 0 Å². The molecule has 0 spiro atoms. The predicted octanol–water partition coefficient (Wildman–Crippen LogP) is 4.45. The van der Waals surface area contributed by atoms with E-state index in [0.29, 0.717) is 10.2 Å². The number of nitrogens with one attached hydrogen (secondary N) is 1. The van der Waals surface area contributed by atoms with Crippen LogP contribution in [0.4, 0.5) is 5.82 Å². The van der Waals surface area contributed by atoms with Crippen molar-refractivity contribution >= 4 is 34.7 Å². The van der Waals surface area contributed by atoms with Crippen LogP contribution in [0.15, 0.2) is 24.4 Å². The van der Waals surface area contributed by atoms with Gasteiger partial charge < -0.3 is 5.32 Å². The summed E-state index contributed by atoms with van der Waals surface area (Å²) in [5.74, 6) is 6.48. The summed E-state index contributed by atoms with van der Waals surface area (Å²) in [5, 5.41) is 2.64. The van der Waals surface area contributed by atoms with Crippen LogP contribution >= 0.6 is 22.9 Å². The Morgan fingerprint density at radius 2 is 2.05 bits per heavy atom. The van der Waals surface area contributed by atoms with Gasteiger partial charge in [-0.05, 0) is 23.6 Å². The number of carbonyl (C=O) groups excluding carboxylic acids is 1. The van der Waals surface area contributed by atoms with Gasteiger partial charge in [-0.1, -0.05) is 44.2 Å². The molecule has 0 aliphatic heterocycles. The molecule has 1 amide bonds. The standard InChI is InChI=1S/C17H17ClN2OS/c1-11(21)20-15-9-12(7-8-19-15)5-6-13-10-14(17(2,3)4)22-16(13)18/h7-10H,1-4H3,(H,19,20,21). The van der Waals surface area contributed by atoms with Crippen LogP contribution in [-0.2, 0) is 10.2 Å². The van der Waals surface area contributed by atoms with Crippen LogP contribution in [0.1, 0.15) is 43.7 Å². The highest BCUT2D eigenvalue weighted by Gasteiger charge is 2.18. The minimum Gasteiger partial charge on any atom is -0.311 e. The van der Waals surface area contributed by atoms with E-state index in [2.05, 4.69) is 42.9 Å². The van der Waals surface area contributed by atoms with Gasteiger partial charge in [-0.15, -0.1) is 11.3 Å². The third-order valence-corrected chi connectivity index (χ3v) is 4.62. The van der Waals surface area contributed by atoms with Crippen LogP contribution in [-0.4, -0.2) is 10.9 Å². The quantitative estimate of drug-likeness (QED) is 0.784. The maximum Gasteiger partial charge on any atom is 0.222 e. The first kappa shape index (κ1) is 16.5. The van der Waals surface area contributed by atoms with Gasteiger partial charge in [-0.25, -0.2) is 4.98 Å². The Kier molecular flexibility index (Phi) is 4.90. The van der Waals surface area contributed by atoms with Crippen molar-refractivity contribution in [2.75, 3.05) is 5.32 Å². The van der Waals surface area contributed by atoms with E-state index in [1.807, 2.05) is 6.07 Å². The van der Waals surface area contributed by atoms with Gasteiger partial charge in [0.1, 0.15) is 10.2 Å². The third kappa shape index (κ3) is 4.33. The molecule has 114 valence electrons. The summed E-state index contributed by atoms with van der Waals surface area (Å²) < 4.78 is 0.702. The van der Waals surface area contributed by atoms with E-state index in [4.69, 9.17) is 11.6 Å². The van der Waals surface area contributed by atoms with Gasteiger partial charge in [0.2, 0.25) is 5.91 Å². The minimum atomic E-state index is -0.159. The van der Waals surface area contributed by atoms with Gasteiger partial charge in [-0.3, -0.25) is 4.79 Å². The summed E-state index contributed by atoms with van der Waals surface area (Å²) in [7, 11) is 0. The summed E-state index contributed by atoms with van der Waals surface area (Å²) in [6.45, 7) is 7.89. The monoisotopic (exact) mass is 332 g/mol. The number of thiophene rings is 1. The average Bonchev–Trinajstić information content (AvgIpc) is 2.77. The van der Waals surface area contributed by atoms with Gasteiger partial charge in [0.05, 0.1) is 5.56 Å². The number of hydrogen-bond acceptors (Lipinski definition) is 3. The van der Waals surface area contributed by atoms with Crippen LogP contribution in [0.2, 0.25) is 4.34 Å². The maximum atomic E-state index is 11.0. The first-order chi connectivity index (χ1) is 10.3. The second-order valence-corrected chi connectivity index (χ2v) is 7.56. The fourth-order valence-electron chi connectivity index (χ4n) is 1.72. The van der Waals surface area contributed by atoms with E-state index >= 15 is 0 Å². The van der Waals surface area contributed by atoms with Gasteiger partial charge >= 0.3 is 0 Å². The number of carbonyl (C=O) groups is 1. The summed E-state index contributed by atoms with van der Waals surface area (Å²) in [6.07, 6.45) is 1.62. The molecule has 0 bridgehead atoms. The lowest BCUT2D eigenvalue weighted by atomic mass is 9.94. The number of aromatic nitrogens is 1. The number of rotatable bonds is 1.